The summed E-state index contributed by atoms with van der Waals surface area (Å²) in [5.41, 5.74) is -0.105. The molecule has 0 saturated heterocycles. The fourth-order valence-corrected chi connectivity index (χ4v) is 1.80. The van der Waals surface area contributed by atoms with Crippen LogP contribution in [0.15, 0.2) is 24.3 Å². The smallest absolute Gasteiger partial charge is 0.407 e. The van der Waals surface area contributed by atoms with Crippen LogP contribution in [0.4, 0.5) is 9.18 Å². The number of ether oxygens (including phenoxy) is 1. The van der Waals surface area contributed by atoms with E-state index in [4.69, 9.17) is 4.74 Å². The number of carboxylic acid groups (broad SMARTS) is 1. The average Bonchev–Trinajstić information content (AvgIpc) is 2.24. The van der Waals surface area contributed by atoms with Crippen molar-refractivity contribution < 1.29 is 23.8 Å². The highest BCUT2D eigenvalue weighted by molar-refractivity contribution is 5.70. The Bertz CT molecular complexity index is 511. The number of alkyl carbamates (subject to hydrolysis) is 1. The van der Waals surface area contributed by atoms with Crippen molar-refractivity contribution in [1.29, 1.82) is 0 Å². The monoisotopic (exact) mass is 296 g/mol. The number of amides is 1. The van der Waals surface area contributed by atoms with E-state index < -0.39 is 29.5 Å². The minimum Gasteiger partial charge on any atom is -0.550 e. The number of carbonyl (C=O) groups excluding carboxylic acids is 2. The van der Waals surface area contributed by atoms with Crippen LogP contribution in [-0.2, 0) is 16.0 Å². The summed E-state index contributed by atoms with van der Waals surface area (Å²) in [6.45, 7) is 5.10. The highest BCUT2D eigenvalue weighted by atomic mass is 19.1. The Labute approximate surface area is 123 Å². The van der Waals surface area contributed by atoms with Crippen LogP contribution in [0, 0.1) is 5.82 Å². The molecule has 0 saturated carbocycles. The first-order chi connectivity index (χ1) is 9.65. The maximum atomic E-state index is 13.1. The molecule has 0 radical (unpaired) electrons. The zero-order valence-corrected chi connectivity index (χ0v) is 12.3. The number of hydrogen-bond acceptors (Lipinski definition) is 4. The lowest BCUT2D eigenvalue weighted by atomic mass is 10.0. The molecular weight excluding hydrogens is 277 g/mol. The first kappa shape index (κ1) is 16.9. The van der Waals surface area contributed by atoms with E-state index in [2.05, 4.69) is 5.32 Å². The Morgan fingerprint density at radius 2 is 2.05 bits per heavy atom. The Hall–Kier alpha value is -2.11. The van der Waals surface area contributed by atoms with E-state index in [-0.39, 0.29) is 12.8 Å². The fourth-order valence-electron chi connectivity index (χ4n) is 1.80. The standard InChI is InChI=1S/C15H20FNO4/c1-15(2,3)21-14(20)17-12(9-13(18)19)8-10-5-4-6-11(16)7-10/h4-7,12H,8-9H2,1-3H3,(H,17,20)(H,18,19)/p-1/t12-/m1/s1. The van der Waals surface area contributed by atoms with Crippen LogP contribution in [0.3, 0.4) is 0 Å². The molecule has 1 aromatic rings. The number of halogens is 1. The number of aliphatic carboxylic acids is 1. The summed E-state index contributed by atoms with van der Waals surface area (Å²) < 4.78 is 18.2. The predicted octanol–water partition coefficient (Wildman–Crippen LogP) is 1.40. The summed E-state index contributed by atoms with van der Waals surface area (Å²) in [5, 5.41) is 13.2. The van der Waals surface area contributed by atoms with Gasteiger partial charge in [0.2, 0.25) is 0 Å². The third kappa shape index (κ3) is 7.29. The van der Waals surface area contributed by atoms with Crippen molar-refractivity contribution in [3.05, 3.63) is 35.6 Å². The average molecular weight is 296 g/mol. The normalized spacial score (nSPS) is 12.6. The molecule has 0 heterocycles. The lowest BCUT2D eigenvalue weighted by Crippen LogP contribution is -2.43. The number of rotatable bonds is 5. The van der Waals surface area contributed by atoms with Crippen molar-refractivity contribution in [3.63, 3.8) is 0 Å². The van der Waals surface area contributed by atoms with Crippen LogP contribution in [0.25, 0.3) is 0 Å². The number of nitrogens with one attached hydrogen (secondary N) is 1. The molecule has 0 unspecified atom stereocenters. The highest BCUT2D eigenvalue weighted by Gasteiger charge is 2.20. The third-order valence-electron chi connectivity index (χ3n) is 2.51. The minimum atomic E-state index is -1.30. The summed E-state index contributed by atoms with van der Waals surface area (Å²) >= 11 is 0. The summed E-state index contributed by atoms with van der Waals surface area (Å²) in [6, 6.07) is 5.03. The van der Waals surface area contributed by atoms with E-state index in [0.29, 0.717) is 5.56 Å². The van der Waals surface area contributed by atoms with Gasteiger partial charge in [-0.15, -0.1) is 0 Å². The third-order valence-corrected chi connectivity index (χ3v) is 2.51. The van der Waals surface area contributed by atoms with Crippen molar-refractivity contribution in [2.75, 3.05) is 0 Å². The van der Waals surface area contributed by atoms with Gasteiger partial charge in [0.1, 0.15) is 11.4 Å². The van der Waals surface area contributed by atoms with Gasteiger partial charge in [-0.25, -0.2) is 9.18 Å². The molecule has 0 spiro atoms. The lowest BCUT2D eigenvalue weighted by molar-refractivity contribution is -0.306. The van der Waals surface area contributed by atoms with Crippen LogP contribution in [0.1, 0.15) is 32.8 Å². The second-order valence-electron chi connectivity index (χ2n) is 5.75. The number of carboxylic acids is 1. The van der Waals surface area contributed by atoms with E-state index in [1.807, 2.05) is 0 Å². The molecule has 21 heavy (non-hydrogen) atoms. The van der Waals surface area contributed by atoms with Gasteiger partial charge in [0.25, 0.3) is 0 Å². The van der Waals surface area contributed by atoms with Gasteiger partial charge in [-0.2, -0.15) is 0 Å². The van der Waals surface area contributed by atoms with Crippen molar-refractivity contribution in [2.24, 2.45) is 0 Å². The molecule has 6 heteroatoms. The fraction of sp³-hybridized carbons (Fsp3) is 0.467. The number of benzene rings is 1. The highest BCUT2D eigenvalue weighted by Crippen LogP contribution is 2.11. The Morgan fingerprint density at radius 1 is 1.38 bits per heavy atom. The molecule has 1 atom stereocenters. The zero-order valence-electron chi connectivity index (χ0n) is 12.3. The maximum absolute atomic E-state index is 13.1. The molecule has 0 bridgehead atoms. The molecule has 0 aliphatic rings. The lowest BCUT2D eigenvalue weighted by Gasteiger charge is -2.24. The summed E-state index contributed by atoms with van der Waals surface area (Å²) in [7, 11) is 0. The Kier molecular flexibility index (Phi) is 5.69. The second-order valence-corrected chi connectivity index (χ2v) is 5.75. The van der Waals surface area contributed by atoms with E-state index in [1.54, 1.807) is 26.8 Å². The molecule has 1 rings (SSSR count). The van der Waals surface area contributed by atoms with Gasteiger partial charge >= 0.3 is 6.09 Å². The largest absolute Gasteiger partial charge is 0.550 e. The first-order valence-corrected chi connectivity index (χ1v) is 6.59. The zero-order chi connectivity index (χ0) is 16.0. The number of carbonyl (C=O) groups is 2. The predicted molar refractivity (Wildman–Crippen MR) is 72.9 cm³/mol. The molecule has 0 aliphatic heterocycles. The molecule has 0 aliphatic carbocycles. The SMILES string of the molecule is CC(C)(C)OC(=O)N[C@@H](CC(=O)[O-])Cc1cccc(F)c1. The number of hydrogen-bond donors (Lipinski definition) is 1. The van der Waals surface area contributed by atoms with Crippen molar-refractivity contribution >= 4 is 12.1 Å². The van der Waals surface area contributed by atoms with Crippen LogP contribution in [0.5, 0.6) is 0 Å². The van der Waals surface area contributed by atoms with E-state index in [9.17, 15) is 19.1 Å². The molecule has 1 aromatic carbocycles. The summed E-state index contributed by atoms with van der Waals surface area (Å²) in [4.78, 5) is 22.4. The van der Waals surface area contributed by atoms with Crippen molar-refractivity contribution in [2.45, 2.75) is 45.3 Å². The van der Waals surface area contributed by atoms with Gasteiger partial charge in [-0.05, 0) is 44.9 Å². The van der Waals surface area contributed by atoms with Gasteiger partial charge in [0.05, 0.1) is 0 Å². The van der Waals surface area contributed by atoms with Gasteiger partial charge in [0.15, 0.2) is 0 Å². The van der Waals surface area contributed by atoms with E-state index >= 15 is 0 Å². The van der Waals surface area contributed by atoms with Gasteiger partial charge in [-0.3, -0.25) is 0 Å². The van der Waals surface area contributed by atoms with Crippen LogP contribution in [0.2, 0.25) is 0 Å². The molecule has 116 valence electrons. The van der Waals surface area contributed by atoms with Crippen LogP contribution in [-0.4, -0.2) is 23.7 Å². The summed E-state index contributed by atoms with van der Waals surface area (Å²) in [6.07, 6.45) is -0.925. The molecule has 1 amide bonds. The molecule has 1 N–H and O–H groups in total. The van der Waals surface area contributed by atoms with Crippen molar-refractivity contribution in [3.8, 4) is 0 Å². The van der Waals surface area contributed by atoms with Crippen LogP contribution >= 0.6 is 0 Å². The van der Waals surface area contributed by atoms with Crippen LogP contribution < -0.4 is 10.4 Å². The van der Waals surface area contributed by atoms with Gasteiger partial charge < -0.3 is 20.0 Å². The Morgan fingerprint density at radius 3 is 2.57 bits per heavy atom. The molecule has 5 nitrogen and oxygen atoms in total. The molecular formula is C15H19FNO4-. The molecule has 0 aromatic heterocycles. The topological polar surface area (TPSA) is 78.5 Å². The van der Waals surface area contributed by atoms with Crippen molar-refractivity contribution in [1.82, 2.24) is 5.32 Å². The van der Waals surface area contributed by atoms with Gasteiger partial charge in [0, 0.05) is 18.4 Å². The Balaban J connectivity index is 2.72. The first-order valence-electron chi connectivity index (χ1n) is 6.59. The second kappa shape index (κ2) is 7.06. The van der Waals surface area contributed by atoms with E-state index in [1.165, 1.54) is 18.2 Å². The maximum Gasteiger partial charge on any atom is 0.407 e. The van der Waals surface area contributed by atoms with E-state index in [0.717, 1.165) is 0 Å². The molecule has 0 fully saturated rings. The summed E-state index contributed by atoms with van der Waals surface area (Å²) in [5.74, 6) is -1.72. The van der Waals surface area contributed by atoms with Gasteiger partial charge in [-0.1, -0.05) is 12.1 Å². The minimum absolute atomic E-state index is 0.172. The quantitative estimate of drug-likeness (QED) is 0.891.